The van der Waals surface area contributed by atoms with E-state index in [1.54, 1.807) is 17.8 Å². The first-order chi connectivity index (χ1) is 10.6. The summed E-state index contributed by atoms with van der Waals surface area (Å²) in [5.74, 6) is 0.476. The van der Waals surface area contributed by atoms with Crippen molar-refractivity contribution in [1.29, 1.82) is 0 Å². The van der Waals surface area contributed by atoms with E-state index in [2.05, 4.69) is 5.32 Å². The number of esters is 1. The summed E-state index contributed by atoms with van der Waals surface area (Å²) in [6.45, 7) is 1.93. The molecule has 0 saturated heterocycles. The lowest BCUT2D eigenvalue weighted by Gasteiger charge is -2.16. The van der Waals surface area contributed by atoms with Crippen LogP contribution in [0.25, 0.3) is 0 Å². The summed E-state index contributed by atoms with van der Waals surface area (Å²) in [7, 11) is 1.37. The molecule has 1 unspecified atom stereocenters. The maximum atomic E-state index is 12.1. The second-order valence-electron chi connectivity index (χ2n) is 5.64. The smallest absolute Gasteiger partial charge is 0.337 e. The first-order valence-electron chi connectivity index (χ1n) is 7.69. The van der Waals surface area contributed by atoms with Crippen molar-refractivity contribution in [3.8, 4) is 0 Å². The van der Waals surface area contributed by atoms with Crippen molar-refractivity contribution in [2.24, 2.45) is 0 Å². The quantitative estimate of drug-likeness (QED) is 0.818. The van der Waals surface area contributed by atoms with Crippen LogP contribution in [0, 0.1) is 0 Å². The number of rotatable bonds is 6. The molecule has 0 radical (unpaired) electrons. The van der Waals surface area contributed by atoms with Crippen LogP contribution in [-0.2, 0) is 15.3 Å². The Morgan fingerprint density at radius 1 is 1.36 bits per heavy atom. The van der Waals surface area contributed by atoms with E-state index in [-0.39, 0.29) is 17.1 Å². The Morgan fingerprint density at radius 3 is 2.77 bits per heavy atom. The van der Waals surface area contributed by atoms with Crippen molar-refractivity contribution in [1.82, 2.24) is 5.32 Å². The molecule has 1 saturated carbocycles. The second-order valence-corrected chi connectivity index (χ2v) is 6.96. The molecule has 1 atom stereocenters. The lowest BCUT2D eigenvalue weighted by atomic mass is 10.1. The molecule has 1 aliphatic rings. The third kappa shape index (κ3) is 4.77. The Labute approximate surface area is 136 Å². The molecule has 5 heteroatoms. The molecular formula is C17H23NO3S. The zero-order valence-corrected chi connectivity index (χ0v) is 13.9. The molecule has 2 rings (SSSR count). The highest BCUT2D eigenvalue weighted by molar-refractivity contribution is 7.99. The minimum atomic E-state index is -0.334. The largest absolute Gasteiger partial charge is 0.465 e. The first-order valence-corrected chi connectivity index (χ1v) is 8.74. The number of nitrogens with one attached hydrogen (secondary N) is 1. The van der Waals surface area contributed by atoms with Gasteiger partial charge in [-0.2, -0.15) is 0 Å². The summed E-state index contributed by atoms with van der Waals surface area (Å²) in [5, 5.41) is 3.02. The number of carbonyl (C=O) groups excluding carboxylic acids is 2. The molecule has 0 aromatic heterocycles. The van der Waals surface area contributed by atoms with Crippen LogP contribution in [0.5, 0.6) is 0 Å². The molecule has 1 amide bonds. The summed E-state index contributed by atoms with van der Waals surface area (Å²) >= 11 is 1.58. The van der Waals surface area contributed by atoms with Crippen LogP contribution in [0.3, 0.4) is 0 Å². The van der Waals surface area contributed by atoms with Crippen LogP contribution >= 0.6 is 11.8 Å². The Hall–Kier alpha value is -1.49. The molecule has 0 spiro atoms. The van der Waals surface area contributed by atoms with Gasteiger partial charge in [0, 0.05) is 11.8 Å². The predicted octanol–water partition coefficient (Wildman–Crippen LogP) is 3.15. The Kier molecular flexibility index (Phi) is 6.31. The zero-order valence-electron chi connectivity index (χ0n) is 13.1. The molecule has 1 aromatic rings. The Morgan fingerprint density at radius 2 is 2.09 bits per heavy atom. The van der Waals surface area contributed by atoms with E-state index in [1.807, 2.05) is 25.1 Å². The molecule has 120 valence electrons. The number of carbonyl (C=O) groups is 2. The molecule has 1 fully saturated rings. The summed E-state index contributed by atoms with van der Waals surface area (Å²) < 4.78 is 4.72. The van der Waals surface area contributed by atoms with Crippen LogP contribution in [0.2, 0.25) is 0 Å². The highest BCUT2D eigenvalue weighted by Crippen LogP contribution is 2.21. The third-order valence-corrected chi connectivity index (χ3v) is 5.13. The van der Waals surface area contributed by atoms with Crippen molar-refractivity contribution in [3.05, 3.63) is 35.4 Å². The van der Waals surface area contributed by atoms with Crippen LogP contribution in [0.4, 0.5) is 0 Å². The van der Waals surface area contributed by atoms with E-state index < -0.39 is 0 Å². The molecule has 1 N–H and O–H groups in total. The van der Waals surface area contributed by atoms with E-state index in [1.165, 1.54) is 20.0 Å². The van der Waals surface area contributed by atoms with Crippen molar-refractivity contribution in [2.75, 3.05) is 7.11 Å². The normalized spacial score (nSPS) is 16.3. The molecule has 22 heavy (non-hydrogen) atoms. The second kappa shape index (κ2) is 8.22. The summed E-state index contributed by atoms with van der Waals surface area (Å²) in [4.78, 5) is 23.6. The molecular weight excluding hydrogens is 298 g/mol. The first kappa shape index (κ1) is 16.9. The van der Waals surface area contributed by atoms with Crippen LogP contribution in [0.1, 0.15) is 48.5 Å². The average Bonchev–Trinajstić information content (AvgIpc) is 3.05. The van der Waals surface area contributed by atoms with Gasteiger partial charge in [-0.1, -0.05) is 25.0 Å². The fourth-order valence-electron chi connectivity index (χ4n) is 2.59. The molecule has 0 bridgehead atoms. The maximum Gasteiger partial charge on any atom is 0.337 e. The van der Waals surface area contributed by atoms with Gasteiger partial charge in [-0.25, -0.2) is 4.79 Å². The number of hydrogen-bond acceptors (Lipinski definition) is 4. The monoisotopic (exact) mass is 321 g/mol. The van der Waals surface area contributed by atoms with Gasteiger partial charge in [0.1, 0.15) is 0 Å². The number of amides is 1. The fraction of sp³-hybridized carbons (Fsp3) is 0.529. The number of benzene rings is 1. The zero-order chi connectivity index (χ0) is 15.9. The highest BCUT2D eigenvalue weighted by atomic mass is 32.2. The number of thioether (sulfide) groups is 1. The van der Waals surface area contributed by atoms with Crippen molar-refractivity contribution >= 4 is 23.6 Å². The van der Waals surface area contributed by atoms with Crippen LogP contribution in [0.15, 0.2) is 24.3 Å². The van der Waals surface area contributed by atoms with Gasteiger partial charge in [-0.3, -0.25) is 4.79 Å². The van der Waals surface area contributed by atoms with E-state index >= 15 is 0 Å². The van der Waals surface area contributed by atoms with Gasteiger partial charge in [0.15, 0.2) is 0 Å². The Balaban J connectivity index is 1.83. The topological polar surface area (TPSA) is 55.4 Å². The SMILES string of the molecule is COC(=O)c1cccc(CSC(C)C(=O)NC2CCCC2)c1. The van der Waals surface area contributed by atoms with E-state index in [9.17, 15) is 9.59 Å². The molecule has 1 aliphatic carbocycles. The Bertz CT molecular complexity index is 526. The molecule has 1 aromatic carbocycles. The minimum Gasteiger partial charge on any atom is -0.465 e. The van der Waals surface area contributed by atoms with E-state index in [0.717, 1.165) is 18.4 Å². The summed E-state index contributed by atoms with van der Waals surface area (Å²) in [6.07, 6.45) is 4.63. The van der Waals surface area contributed by atoms with Crippen molar-refractivity contribution < 1.29 is 14.3 Å². The minimum absolute atomic E-state index is 0.0950. The van der Waals surface area contributed by atoms with Crippen molar-refractivity contribution in [2.45, 2.75) is 49.7 Å². The number of methoxy groups -OCH3 is 1. The van der Waals surface area contributed by atoms with Gasteiger partial charge < -0.3 is 10.1 Å². The number of hydrogen-bond donors (Lipinski definition) is 1. The standard InChI is InChI=1S/C17H23NO3S/c1-12(16(19)18-15-8-3-4-9-15)22-11-13-6-5-7-14(10-13)17(20)21-2/h5-7,10,12,15H,3-4,8-9,11H2,1-2H3,(H,18,19). The number of ether oxygens (including phenoxy) is 1. The predicted molar refractivity (Wildman–Crippen MR) is 88.9 cm³/mol. The highest BCUT2D eigenvalue weighted by Gasteiger charge is 2.20. The van der Waals surface area contributed by atoms with Crippen LogP contribution < -0.4 is 5.32 Å². The lowest BCUT2D eigenvalue weighted by molar-refractivity contribution is -0.120. The maximum absolute atomic E-state index is 12.1. The molecule has 4 nitrogen and oxygen atoms in total. The van der Waals surface area contributed by atoms with Gasteiger partial charge in [-0.15, -0.1) is 11.8 Å². The summed E-state index contributed by atoms with van der Waals surface area (Å²) in [6, 6.07) is 7.71. The van der Waals surface area contributed by atoms with Crippen molar-refractivity contribution in [3.63, 3.8) is 0 Å². The van der Waals surface area contributed by atoms with Gasteiger partial charge in [0.2, 0.25) is 5.91 Å². The fourth-order valence-corrected chi connectivity index (χ4v) is 3.43. The van der Waals surface area contributed by atoms with Gasteiger partial charge in [0.05, 0.1) is 17.9 Å². The molecule has 0 aliphatic heterocycles. The third-order valence-electron chi connectivity index (χ3n) is 3.92. The van der Waals surface area contributed by atoms with E-state index in [0.29, 0.717) is 17.4 Å². The van der Waals surface area contributed by atoms with Gasteiger partial charge >= 0.3 is 5.97 Å². The van der Waals surface area contributed by atoms with Crippen LogP contribution in [-0.4, -0.2) is 30.3 Å². The van der Waals surface area contributed by atoms with Gasteiger partial charge in [0.25, 0.3) is 0 Å². The molecule has 0 heterocycles. The summed E-state index contributed by atoms with van der Waals surface area (Å²) in [5.41, 5.74) is 1.57. The lowest BCUT2D eigenvalue weighted by Crippen LogP contribution is -2.37. The van der Waals surface area contributed by atoms with Gasteiger partial charge in [-0.05, 0) is 37.5 Å². The average molecular weight is 321 g/mol. The van der Waals surface area contributed by atoms with E-state index in [4.69, 9.17) is 4.74 Å².